The zero-order valence-electron chi connectivity index (χ0n) is 15.5. The highest BCUT2D eigenvalue weighted by Gasteiger charge is 2.29. The number of rotatable bonds is 6. The maximum atomic E-state index is 13.0. The van der Waals surface area contributed by atoms with Crippen molar-refractivity contribution in [2.45, 2.75) is 38.8 Å². The number of carbonyl (C=O) groups excluding carboxylic acids is 2. The lowest BCUT2D eigenvalue weighted by Crippen LogP contribution is -2.46. The summed E-state index contributed by atoms with van der Waals surface area (Å²) in [6.45, 7) is 4.43. The van der Waals surface area contributed by atoms with E-state index < -0.39 is 5.60 Å². The zero-order valence-corrected chi connectivity index (χ0v) is 15.5. The molecular formula is C21H23FN2O3. The van der Waals surface area contributed by atoms with E-state index in [1.165, 1.54) is 24.3 Å². The van der Waals surface area contributed by atoms with E-state index in [4.69, 9.17) is 4.74 Å². The van der Waals surface area contributed by atoms with Crippen LogP contribution in [-0.2, 0) is 16.1 Å². The van der Waals surface area contributed by atoms with E-state index >= 15 is 0 Å². The van der Waals surface area contributed by atoms with Crippen LogP contribution >= 0.6 is 0 Å². The number of nitrogens with one attached hydrogen (secondary N) is 1. The second-order valence-electron chi connectivity index (χ2n) is 7.06. The Morgan fingerprint density at radius 3 is 2.41 bits per heavy atom. The van der Waals surface area contributed by atoms with Gasteiger partial charge in [0.1, 0.15) is 11.6 Å². The molecule has 5 nitrogen and oxygen atoms in total. The van der Waals surface area contributed by atoms with Gasteiger partial charge in [-0.15, -0.1) is 0 Å². The van der Waals surface area contributed by atoms with Crippen molar-refractivity contribution in [3.05, 3.63) is 59.9 Å². The van der Waals surface area contributed by atoms with Crippen LogP contribution in [-0.4, -0.2) is 24.0 Å². The third kappa shape index (κ3) is 4.64. The summed E-state index contributed by atoms with van der Waals surface area (Å²) in [4.78, 5) is 26.0. The van der Waals surface area contributed by atoms with Crippen molar-refractivity contribution < 1.29 is 18.7 Å². The van der Waals surface area contributed by atoms with E-state index in [1.807, 2.05) is 24.3 Å². The van der Waals surface area contributed by atoms with E-state index in [-0.39, 0.29) is 17.6 Å². The Morgan fingerprint density at radius 1 is 1.15 bits per heavy atom. The summed E-state index contributed by atoms with van der Waals surface area (Å²) in [6, 6.07) is 13.1. The van der Waals surface area contributed by atoms with Gasteiger partial charge in [0.25, 0.3) is 5.91 Å². The quantitative estimate of drug-likeness (QED) is 0.848. The van der Waals surface area contributed by atoms with Gasteiger partial charge in [-0.05, 0) is 62.2 Å². The highest BCUT2D eigenvalue weighted by atomic mass is 19.1. The van der Waals surface area contributed by atoms with Gasteiger partial charge in [-0.1, -0.05) is 12.1 Å². The first-order chi connectivity index (χ1) is 12.8. The minimum atomic E-state index is -1.10. The monoisotopic (exact) mass is 370 g/mol. The number of nitrogens with zero attached hydrogens (tertiary/aromatic N) is 1. The summed E-state index contributed by atoms with van der Waals surface area (Å²) in [5, 5.41) is 2.85. The molecule has 0 atom stereocenters. The molecule has 1 aliphatic rings. The van der Waals surface area contributed by atoms with Gasteiger partial charge in [0.05, 0.1) is 0 Å². The molecule has 6 heteroatoms. The number of anilines is 1. The Morgan fingerprint density at radius 2 is 1.81 bits per heavy atom. The van der Waals surface area contributed by atoms with Crippen molar-refractivity contribution in [3.63, 3.8) is 0 Å². The van der Waals surface area contributed by atoms with Crippen molar-refractivity contribution in [3.8, 4) is 5.75 Å². The van der Waals surface area contributed by atoms with Crippen LogP contribution in [0, 0.1) is 5.82 Å². The first-order valence-corrected chi connectivity index (χ1v) is 8.97. The lowest BCUT2D eigenvalue weighted by Gasteiger charge is -2.25. The number of ether oxygens (including phenoxy) is 1. The molecule has 0 bridgehead atoms. The van der Waals surface area contributed by atoms with Crippen molar-refractivity contribution >= 4 is 17.5 Å². The van der Waals surface area contributed by atoms with E-state index in [9.17, 15) is 14.0 Å². The zero-order chi connectivity index (χ0) is 19.4. The van der Waals surface area contributed by atoms with E-state index in [2.05, 4.69) is 5.32 Å². The van der Waals surface area contributed by atoms with Crippen molar-refractivity contribution in [2.75, 3.05) is 11.4 Å². The van der Waals surface area contributed by atoms with Gasteiger partial charge in [0.15, 0.2) is 5.60 Å². The normalized spacial score (nSPS) is 14.3. The molecular weight excluding hydrogens is 347 g/mol. The molecule has 1 N–H and O–H groups in total. The Hall–Kier alpha value is -2.89. The number of benzene rings is 2. The SMILES string of the molecule is CC(C)(Oc1ccc(F)cc1)C(=O)NCc1ccc(N2CCCC2=O)cc1. The van der Waals surface area contributed by atoms with Crippen LogP contribution in [0.5, 0.6) is 5.75 Å². The molecule has 0 aromatic heterocycles. The number of carbonyl (C=O) groups is 2. The molecule has 0 aliphatic carbocycles. The molecule has 27 heavy (non-hydrogen) atoms. The van der Waals surface area contributed by atoms with Gasteiger partial charge in [0.2, 0.25) is 5.91 Å². The van der Waals surface area contributed by atoms with Crippen LogP contribution in [0.2, 0.25) is 0 Å². The lowest BCUT2D eigenvalue weighted by molar-refractivity contribution is -0.134. The standard InChI is InChI=1S/C21H23FN2O3/c1-21(2,27-18-11-7-16(22)8-12-18)20(26)23-14-15-5-9-17(10-6-15)24-13-3-4-19(24)25/h5-12H,3-4,13-14H2,1-2H3,(H,23,26). The summed E-state index contributed by atoms with van der Waals surface area (Å²) in [5.41, 5.74) is 0.712. The highest BCUT2D eigenvalue weighted by molar-refractivity contribution is 5.95. The third-order valence-corrected chi connectivity index (χ3v) is 4.51. The van der Waals surface area contributed by atoms with Crippen LogP contribution in [0.1, 0.15) is 32.3 Å². The van der Waals surface area contributed by atoms with E-state index in [1.54, 1.807) is 18.7 Å². The molecule has 1 heterocycles. The van der Waals surface area contributed by atoms with Gasteiger partial charge < -0.3 is 15.0 Å². The molecule has 1 saturated heterocycles. The molecule has 0 spiro atoms. The average molecular weight is 370 g/mol. The molecule has 2 amide bonds. The minimum absolute atomic E-state index is 0.149. The molecule has 1 aliphatic heterocycles. The van der Waals surface area contributed by atoms with Crippen LogP contribution < -0.4 is 15.0 Å². The number of hydrogen-bond acceptors (Lipinski definition) is 3. The maximum Gasteiger partial charge on any atom is 0.263 e. The molecule has 3 rings (SSSR count). The Bertz CT molecular complexity index is 816. The summed E-state index contributed by atoms with van der Waals surface area (Å²) in [6.07, 6.45) is 1.49. The number of halogens is 1. The van der Waals surface area contributed by atoms with Crippen molar-refractivity contribution in [1.29, 1.82) is 0 Å². The fraction of sp³-hybridized carbons (Fsp3) is 0.333. The fourth-order valence-corrected chi connectivity index (χ4v) is 2.95. The molecule has 2 aromatic rings. The van der Waals surface area contributed by atoms with Crippen LogP contribution in [0.25, 0.3) is 0 Å². The number of amides is 2. The van der Waals surface area contributed by atoms with Gasteiger partial charge >= 0.3 is 0 Å². The third-order valence-electron chi connectivity index (χ3n) is 4.51. The van der Waals surface area contributed by atoms with Gasteiger partial charge in [-0.25, -0.2) is 4.39 Å². The Balaban J connectivity index is 1.56. The predicted molar refractivity (Wildman–Crippen MR) is 101 cm³/mol. The van der Waals surface area contributed by atoms with Crippen LogP contribution in [0.3, 0.4) is 0 Å². The Kier molecular flexibility index (Phi) is 5.44. The van der Waals surface area contributed by atoms with Crippen molar-refractivity contribution in [1.82, 2.24) is 5.32 Å². The first-order valence-electron chi connectivity index (χ1n) is 8.97. The van der Waals surface area contributed by atoms with Gasteiger partial charge in [0, 0.05) is 25.2 Å². The summed E-state index contributed by atoms with van der Waals surface area (Å²) in [5.74, 6) is -0.0544. The van der Waals surface area contributed by atoms with E-state index in [0.717, 1.165) is 24.2 Å². The van der Waals surface area contributed by atoms with Crippen molar-refractivity contribution in [2.24, 2.45) is 0 Å². The van der Waals surface area contributed by atoms with Crippen LogP contribution in [0.4, 0.5) is 10.1 Å². The molecule has 0 radical (unpaired) electrons. The predicted octanol–water partition coefficient (Wildman–Crippen LogP) is 3.43. The summed E-state index contributed by atoms with van der Waals surface area (Å²) < 4.78 is 18.7. The van der Waals surface area contributed by atoms with Gasteiger partial charge in [-0.2, -0.15) is 0 Å². The molecule has 0 saturated carbocycles. The van der Waals surface area contributed by atoms with Gasteiger partial charge in [-0.3, -0.25) is 9.59 Å². The topological polar surface area (TPSA) is 58.6 Å². The molecule has 0 unspecified atom stereocenters. The average Bonchev–Trinajstić information content (AvgIpc) is 3.08. The highest BCUT2D eigenvalue weighted by Crippen LogP contribution is 2.22. The minimum Gasteiger partial charge on any atom is -0.478 e. The van der Waals surface area contributed by atoms with Crippen LogP contribution in [0.15, 0.2) is 48.5 Å². The number of hydrogen-bond donors (Lipinski definition) is 1. The Labute approximate surface area is 158 Å². The lowest BCUT2D eigenvalue weighted by atomic mass is 10.1. The molecule has 1 fully saturated rings. The maximum absolute atomic E-state index is 13.0. The smallest absolute Gasteiger partial charge is 0.263 e. The second-order valence-corrected chi connectivity index (χ2v) is 7.06. The summed E-state index contributed by atoms with van der Waals surface area (Å²) in [7, 11) is 0. The fourth-order valence-electron chi connectivity index (χ4n) is 2.95. The molecule has 2 aromatic carbocycles. The summed E-state index contributed by atoms with van der Waals surface area (Å²) >= 11 is 0. The second kappa shape index (κ2) is 7.78. The first kappa shape index (κ1) is 18.9. The van der Waals surface area contributed by atoms with E-state index in [0.29, 0.717) is 18.7 Å². The largest absolute Gasteiger partial charge is 0.478 e. The molecule has 142 valence electrons.